The Hall–Kier alpha value is -1.55. The number of nitrogens with one attached hydrogen (secondary N) is 1. The molecular weight excluding hydrogens is 348 g/mol. The van der Waals surface area contributed by atoms with E-state index < -0.39 is 5.97 Å². The third kappa shape index (κ3) is 7.36. The van der Waals surface area contributed by atoms with Gasteiger partial charge in [0.2, 0.25) is 0 Å². The number of carboxylic acid groups (broad SMARTS) is 1. The van der Waals surface area contributed by atoms with Gasteiger partial charge in [0.25, 0.3) is 0 Å². The van der Waals surface area contributed by atoms with Crippen molar-refractivity contribution in [2.45, 2.75) is 84.0 Å². The SMILES string of the molecule is CCCCCCCCCCCCCc1nc2c(C(=O)O)cccc2[nH]1.Cl. The lowest BCUT2D eigenvalue weighted by molar-refractivity contribution is 0.0699. The lowest BCUT2D eigenvalue weighted by Crippen LogP contribution is -1.96. The normalized spacial score (nSPS) is 10.8. The molecule has 26 heavy (non-hydrogen) atoms. The molecule has 0 aliphatic rings. The molecule has 1 aromatic heterocycles. The predicted octanol–water partition coefficient (Wildman–Crippen LogP) is 6.54. The quantitative estimate of drug-likeness (QED) is 0.388. The minimum atomic E-state index is -0.918. The molecule has 0 amide bonds. The van der Waals surface area contributed by atoms with Crippen LogP contribution < -0.4 is 0 Å². The summed E-state index contributed by atoms with van der Waals surface area (Å²) in [5, 5.41) is 9.22. The van der Waals surface area contributed by atoms with Gasteiger partial charge in [-0.15, -0.1) is 12.4 Å². The number of hydrogen-bond donors (Lipinski definition) is 2. The van der Waals surface area contributed by atoms with E-state index in [1.165, 1.54) is 64.2 Å². The Morgan fingerprint density at radius 2 is 1.54 bits per heavy atom. The molecule has 0 bridgehead atoms. The average molecular weight is 381 g/mol. The van der Waals surface area contributed by atoms with E-state index in [9.17, 15) is 9.90 Å². The van der Waals surface area contributed by atoms with Crippen molar-refractivity contribution >= 4 is 29.4 Å². The third-order valence-corrected chi connectivity index (χ3v) is 4.81. The molecule has 0 aliphatic heterocycles. The summed E-state index contributed by atoms with van der Waals surface area (Å²) in [6, 6.07) is 5.26. The lowest BCUT2D eigenvalue weighted by Gasteiger charge is -2.02. The number of H-pyrrole nitrogens is 1. The van der Waals surface area contributed by atoms with Gasteiger partial charge in [-0.2, -0.15) is 0 Å². The lowest BCUT2D eigenvalue weighted by atomic mass is 10.1. The molecule has 2 aromatic rings. The van der Waals surface area contributed by atoms with Gasteiger partial charge in [-0.25, -0.2) is 9.78 Å². The maximum atomic E-state index is 11.2. The highest BCUT2D eigenvalue weighted by molar-refractivity contribution is 6.00. The summed E-state index contributed by atoms with van der Waals surface area (Å²) in [5.74, 6) is -0.0158. The van der Waals surface area contributed by atoms with Crippen LogP contribution >= 0.6 is 12.4 Å². The first-order valence-electron chi connectivity index (χ1n) is 9.93. The zero-order valence-electron chi connectivity index (χ0n) is 15.9. The largest absolute Gasteiger partial charge is 0.478 e. The van der Waals surface area contributed by atoms with Crippen LogP contribution in [0.15, 0.2) is 18.2 Å². The number of halogens is 1. The molecule has 0 aliphatic carbocycles. The van der Waals surface area contributed by atoms with Crippen LogP contribution in [0, 0.1) is 0 Å². The molecule has 0 saturated heterocycles. The fraction of sp³-hybridized carbons (Fsp3) is 0.619. The number of aromatic nitrogens is 2. The van der Waals surface area contributed by atoms with Crippen molar-refractivity contribution in [3.8, 4) is 0 Å². The molecule has 2 N–H and O–H groups in total. The molecule has 0 atom stereocenters. The zero-order valence-corrected chi connectivity index (χ0v) is 16.7. The Balaban J connectivity index is 0.00000338. The summed E-state index contributed by atoms with van der Waals surface area (Å²) >= 11 is 0. The second-order valence-electron chi connectivity index (χ2n) is 6.98. The molecular formula is C21H33ClN2O2. The Morgan fingerprint density at radius 1 is 0.962 bits per heavy atom. The molecule has 0 radical (unpaired) electrons. The Morgan fingerprint density at radius 3 is 2.12 bits per heavy atom. The van der Waals surface area contributed by atoms with Crippen LogP contribution in [0.2, 0.25) is 0 Å². The van der Waals surface area contributed by atoms with Gasteiger partial charge in [-0.1, -0.05) is 77.2 Å². The van der Waals surface area contributed by atoms with Gasteiger partial charge >= 0.3 is 5.97 Å². The summed E-state index contributed by atoms with van der Waals surface area (Å²) in [5.41, 5.74) is 1.67. The van der Waals surface area contributed by atoms with Crippen molar-refractivity contribution in [2.24, 2.45) is 0 Å². The van der Waals surface area contributed by atoms with Gasteiger partial charge in [0, 0.05) is 6.42 Å². The highest BCUT2D eigenvalue weighted by atomic mass is 35.5. The van der Waals surface area contributed by atoms with Crippen LogP contribution in [0.5, 0.6) is 0 Å². The standard InChI is InChI=1S/C21H32N2O2.ClH/c1-2-3-4-5-6-7-8-9-10-11-12-16-19-22-18-15-13-14-17(21(24)25)20(18)23-19;/h13-15H,2-12,16H2,1H3,(H,22,23)(H,24,25);1H. The fourth-order valence-corrected chi connectivity index (χ4v) is 3.33. The Labute approximate surface area is 163 Å². The average Bonchev–Trinajstić information content (AvgIpc) is 3.02. The number of para-hydroxylation sites is 1. The molecule has 0 fully saturated rings. The summed E-state index contributed by atoms with van der Waals surface area (Å²) in [7, 11) is 0. The van der Waals surface area contributed by atoms with E-state index in [-0.39, 0.29) is 18.0 Å². The van der Waals surface area contributed by atoms with Crippen LogP contribution in [-0.2, 0) is 6.42 Å². The molecule has 5 heteroatoms. The van der Waals surface area contributed by atoms with Gasteiger partial charge in [0.15, 0.2) is 0 Å². The van der Waals surface area contributed by atoms with Gasteiger partial charge in [-0.05, 0) is 18.6 Å². The summed E-state index contributed by atoms with van der Waals surface area (Å²) < 4.78 is 0. The van der Waals surface area contributed by atoms with Gasteiger partial charge in [0.1, 0.15) is 11.3 Å². The number of nitrogens with zero attached hydrogens (tertiary/aromatic N) is 1. The van der Waals surface area contributed by atoms with E-state index >= 15 is 0 Å². The number of imidazole rings is 1. The second kappa shape index (κ2) is 12.7. The third-order valence-electron chi connectivity index (χ3n) is 4.81. The van der Waals surface area contributed by atoms with Gasteiger partial charge < -0.3 is 10.1 Å². The monoisotopic (exact) mass is 380 g/mol. The molecule has 146 valence electrons. The highest BCUT2D eigenvalue weighted by Gasteiger charge is 2.12. The van der Waals surface area contributed by atoms with Crippen LogP contribution in [-0.4, -0.2) is 21.0 Å². The number of carboxylic acids is 1. The number of aromatic carboxylic acids is 1. The number of benzene rings is 1. The minimum absolute atomic E-state index is 0. The van der Waals surface area contributed by atoms with Crippen LogP contribution in [0.1, 0.15) is 93.7 Å². The highest BCUT2D eigenvalue weighted by Crippen LogP contribution is 2.18. The fourth-order valence-electron chi connectivity index (χ4n) is 3.33. The Kier molecular flexibility index (Phi) is 11.0. The van der Waals surface area contributed by atoms with Crippen LogP contribution in [0.4, 0.5) is 0 Å². The van der Waals surface area contributed by atoms with Gasteiger partial charge in [-0.3, -0.25) is 0 Å². The van der Waals surface area contributed by atoms with Crippen molar-refractivity contribution in [1.82, 2.24) is 9.97 Å². The summed E-state index contributed by atoms with van der Waals surface area (Å²) in [4.78, 5) is 19.0. The number of rotatable bonds is 13. The Bertz CT molecular complexity index is 654. The van der Waals surface area contributed by atoms with Crippen molar-refractivity contribution in [2.75, 3.05) is 0 Å². The molecule has 1 heterocycles. The molecule has 0 unspecified atom stereocenters. The van der Waals surface area contributed by atoms with Crippen molar-refractivity contribution in [1.29, 1.82) is 0 Å². The minimum Gasteiger partial charge on any atom is -0.478 e. The van der Waals surface area contributed by atoms with Gasteiger partial charge in [0.05, 0.1) is 11.1 Å². The predicted molar refractivity (Wildman–Crippen MR) is 110 cm³/mol. The molecule has 0 saturated carbocycles. The number of aromatic amines is 1. The number of fused-ring (bicyclic) bond motifs is 1. The first-order chi connectivity index (χ1) is 12.2. The second-order valence-corrected chi connectivity index (χ2v) is 6.98. The van der Waals surface area contributed by atoms with Crippen molar-refractivity contribution < 1.29 is 9.90 Å². The molecule has 4 nitrogen and oxygen atoms in total. The number of carbonyl (C=O) groups is 1. The topological polar surface area (TPSA) is 66.0 Å². The zero-order chi connectivity index (χ0) is 17.9. The first-order valence-corrected chi connectivity index (χ1v) is 9.93. The van der Waals surface area contributed by atoms with E-state index in [0.29, 0.717) is 5.52 Å². The van der Waals surface area contributed by atoms with Crippen molar-refractivity contribution in [3.63, 3.8) is 0 Å². The van der Waals surface area contributed by atoms with E-state index in [4.69, 9.17) is 0 Å². The molecule has 2 rings (SSSR count). The summed E-state index contributed by atoms with van der Waals surface area (Å²) in [6.45, 7) is 2.26. The van der Waals surface area contributed by atoms with E-state index in [1.807, 2.05) is 6.07 Å². The molecule has 1 aromatic carbocycles. The van der Waals surface area contributed by atoms with Crippen molar-refractivity contribution in [3.05, 3.63) is 29.6 Å². The van der Waals surface area contributed by atoms with E-state index in [0.717, 1.165) is 24.2 Å². The van der Waals surface area contributed by atoms with E-state index in [2.05, 4.69) is 16.9 Å². The number of aryl methyl sites for hydroxylation is 1. The number of unbranched alkanes of at least 4 members (excludes halogenated alkanes) is 10. The molecule has 0 spiro atoms. The smallest absolute Gasteiger partial charge is 0.337 e. The maximum Gasteiger partial charge on any atom is 0.337 e. The van der Waals surface area contributed by atoms with Crippen LogP contribution in [0.3, 0.4) is 0 Å². The number of hydrogen-bond acceptors (Lipinski definition) is 2. The first kappa shape index (κ1) is 22.5. The summed E-state index contributed by atoms with van der Waals surface area (Å²) in [6.07, 6.45) is 15.5. The maximum absolute atomic E-state index is 11.2. The van der Waals surface area contributed by atoms with Crippen LogP contribution in [0.25, 0.3) is 11.0 Å². The van der Waals surface area contributed by atoms with E-state index in [1.54, 1.807) is 12.1 Å².